The van der Waals surface area contributed by atoms with Gasteiger partial charge in [-0.1, -0.05) is 23.7 Å². The van der Waals surface area contributed by atoms with E-state index < -0.39 is 0 Å². The van der Waals surface area contributed by atoms with Crippen LogP contribution in [0.4, 0.5) is 0 Å². The Labute approximate surface area is 129 Å². The van der Waals surface area contributed by atoms with E-state index in [0.717, 1.165) is 23.8 Å². The average Bonchev–Trinajstić information content (AvgIpc) is 2.74. The van der Waals surface area contributed by atoms with E-state index in [9.17, 15) is 4.79 Å². The normalized spacial score (nSPS) is 10.3. The zero-order valence-electron chi connectivity index (χ0n) is 11.2. The Morgan fingerprint density at radius 1 is 1.40 bits per heavy atom. The number of carbonyl (C=O) groups is 1. The van der Waals surface area contributed by atoms with Crippen LogP contribution in [0.1, 0.15) is 29.0 Å². The van der Waals surface area contributed by atoms with Crippen molar-refractivity contribution in [2.24, 2.45) is 5.73 Å². The number of hydrogen-bond donors (Lipinski definition) is 2. The van der Waals surface area contributed by atoms with Gasteiger partial charge in [-0.25, -0.2) is 0 Å². The van der Waals surface area contributed by atoms with Crippen LogP contribution in [0, 0.1) is 6.92 Å². The molecule has 3 N–H and O–H groups in total. The summed E-state index contributed by atoms with van der Waals surface area (Å²) in [6, 6.07) is 5.48. The molecule has 0 saturated carbocycles. The van der Waals surface area contributed by atoms with Gasteiger partial charge in [-0.2, -0.15) is 0 Å². The predicted molar refractivity (Wildman–Crippen MR) is 83.8 cm³/mol. The fraction of sp³-hybridized carbons (Fsp3) is 0.357. The van der Waals surface area contributed by atoms with E-state index in [1.165, 1.54) is 0 Å². The fourth-order valence-electron chi connectivity index (χ4n) is 1.98. The van der Waals surface area contributed by atoms with E-state index >= 15 is 0 Å². The number of benzene rings is 1. The molecule has 1 aromatic heterocycles. The van der Waals surface area contributed by atoms with Gasteiger partial charge in [0.1, 0.15) is 0 Å². The Balaban J connectivity index is 0.00000200. The summed E-state index contributed by atoms with van der Waals surface area (Å²) in [5, 5.41) is 4.21. The number of para-hydroxylation sites is 1. The number of furan rings is 1. The van der Waals surface area contributed by atoms with Crippen LogP contribution in [-0.2, 0) is 0 Å². The number of aryl methyl sites for hydroxylation is 1. The highest BCUT2D eigenvalue weighted by Gasteiger charge is 2.18. The molecule has 4 nitrogen and oxygen atoms in total. The smallest absolute Gasteiger partial charge is 0.287 e. The van der Waals surface area contributed by atoms with E-state index in [-0.39, 0.29) is 18.3 Å². The van der Waals surface area contributed by atoms with Gasteiger partial charge in [0.15, 0.2) is 11.3 Å². The Bertz CT molecular complexity index is 596. The minimum Gasteiger partial charge on any atom is -0.449 e. The largest absolute Gasteiger partial charge is 0.449 e. The zero-order valence-corrected chi connectivity index (χ0v) is 12.8. The summed E-state index contributed by atoms with van der Waals surface area (Å²) in [4.78, 5) is 12.0. The van der Waals surface area contributed by atoms with Crippen molar-refractivity contribution in [3.8, 4) is 0 Å². The molecule has 6 heteroatoms. The van der Waals surface area contributed by atoms with Crippen molar-refractivity contribution in [1.29, 1.82) is 0 Å². The molecule has 1 aromatic carbocycles. The number of unbranched alkanes of at least 4 members (excludes halogenated alkanes) is 1. The molecule has 1 heterocycles. The lowest BCUT2D eigenvalue weighted by Gasteiger charge is -2.02. The third-order valence-corrected chi connectivity index (χ3v) is 3.34. The molecule has 110 valence electrons. The Hall–Kier alpha value is -1.23. The molecule has 0 spiro atoms. The first-order chi connectivity index (χ1) is 9.15. The van der Waals surface area contributed by atoms with Crippen molar-refractivity contribution in [2.75, 3.05) is 13.1 Å². The third kappa shape index (κ3) is 3.45. The summed E-state index contributed by atoms with van der Waals surface area (Å²) in [7, 11) is 0. The Morgan fingerprint density at radius 3 is 2.80 bits per heavy atom. The molecule has 1 amide bonds. The molecule has 20 heavy (non-hydrogen) atoms. The van der Waals surface area contributed by atoms with Crippen molar-refractivity contribution >= 4 is 40.9 Å². The van der Waals surface area contributed by atoms with Gasteiger partial charge in [0.2, 0.25) is 0 Å². The molecule has 2 rings (SSSR count). The molecular formula is C14H18Cl2N2O2. The van der Waals surface area contributed by atoms with Crippen LogP contribution in [0.5, 0.6) is 0 Å². The molecule has 0 bridgehead atoms. The van der Waals surface area contributed by atoms with Crippen LogP contribution in [0.2, 0.25) is 5.02 Å². The topological polar surface area (TPSA) is 68.3 Å². The molecule has 0 unspecified atom stereocenters. The number of rotatable bonds is 5. The van der Waals surface area contributed by atoms with Crippen molar-refractivity contribution < 1.29 is 9.21 Å². The first kappa shape index (κ1) is 16.8. The lowest BCUT2D eigenvalue weighted by atomic mass is 10.1. The van der Waals surface area contributed by atoms with Gasteiger partial charge in [-0.05, 0) is 32.4 Å². The van der Waals surface area contributed by atoms with Crippen LogP contribution in [0.25, 0.3) is 11.0 Å². The molecule has 0 saturated heterocycles. The monoisotopic (exact) mass is 316 g/mol. The maximum atomic E-state index is 12.0. The fourth-order valence-corrected chi connectivity index (χ4v) is 2.19. The Kier molecular flexibility index (Phi) is 6.33. The van der Waals surface area contributed by atoms with Gasteiger partial charge < -0.3 is 15.5 Å². The minimum atomic E-state index is -0.207. The van der Waals surface area contributed by atoms with E-state index in [2.05, 4.69) is 5.32 Å². The number of carbonyl (C=O) groups excluding carboxylic acids is 1. The SMILES string of the molecule is Cc1c(C(=O)NCCCCN)oc2c(Cl)cccc12.Cl. The second kappa shape index (κ2) is 7.53. The minimum absolute atomic E-state index is 0. The maximum Gasteiger partial charge on any atom is 0.287 e. The molecule has 0 aliphatic heterocycles. The molecule has 0 atom stereocenters. The highest BCUT2D eigenvalue weighted by molar-refractivity contribution is 6.35. The van der Waals surface area contributed by atoms with Crippen molar-refractivity contribution in [2.45, 2.75) is 19.8 Å². The van der Waals surface area contributed by atoms with Crippen LogP contribution in [0.15, 0.2) is 22.6 Å². The van der Waals surface area contributed by atoms with Crippen molar-refractivity contribution in [1.82, 2.24) is 5.32 Å². The molecule has 2 aromatic rings. The van der Waals surface area contributed by atoms with Gasteiger partial charge >= 0.3 is 0 Å². The lowest BCUT2D eigenvalue weighted by molar-refractivity contribution is 0.0926. The van der Waals surface area contributed by atoms with Crippen LogP contribution < -0.4 is 11.1 Å². The number of nitrogens with two attached hydrogens (primary N) is 1. The van der Waals surface area contributed by atoms with E-state index in [0.29, 0.717) is 29.5 Å². The standard InChI is InChI=1S/C14H17ClN2O2.ClH/c1-9-10-5-4-6-11(15)13(10)19-12(9)14(18)17-8-3-2-7-16;/h4-6H,2-3,7-8,16H2,1H3,(H,17,18);1H. The number of halogens is 2. The number of amides is 1. The number of nitrogens with one attached hydrogen (secondary N) is 1. The van der Waals surface area contributed by atoms with E-state index in [1.54, 1.807) is 6.07 Å². The zero-order chi connectivity index (χ0) is 13.8. The second-order valence-electron chi connectivity index (χ2n) is 4.42. The first-order valence-electron chi connectivity index (χ1n) is 6.31. The van der Waals surface area contributed by atoms with Gasteiger partial charge in [0.25, 0.3) is 5.91 Å². The van der Waals surface area contributed by atoms with Gasteiger partial charge in [0.05, 0.1) is 5.02 Å². The predicted octanol–water partition coefficient (Wildman–Crippen LogP) is 3.29. The highest BCUT2D eigenvalue weighted by atomic mass is 35.5. The van der Waals surface area contributed by atoms with Crippen LogP contribution in [-0.4, -0.2) is 19.0 Å². The second-order valence-corrected chi connectivity index (χ2v) is 4.83. The summed E-state index contributed by atoms with van der Waals surface area (Å²) in [5.74, 6) is 0.123. The summed E-state index contributed by atoms with van der Waals surface area (Å²) in [6.07, 6.45) is 1.76. The van der Waals surface area contributed by atoms with E-state index in [1.807, 2.05) is 19.1 Å². The van der Waals surface area contributed by atoms with Gasteiger partial charge in [0, 0.05) is 17.5 Å². The summed E-state index contributed by atoms with van der Waals surface area (Å²) >= 11 is 6.05. The molecule has 0 radical (unpaired) electrons. The summed E-state index contributed by atoms with van der Waals surface area (Å²) < 4.78 is 5.58. The Morgan fingerprint density at radius 2 is 2.15 bits per heavy atom. The quantitative estimate of drug-likeness (QED) is 0.832. The molecule has 0 fully saturated rings. The lowest BCUT2D eigenvalue weighted by Crippen LogP contribution is -2.25. The highest BCUT2D eigenvalue weighted by Crippen LogP contribution is 2.30. The summed E-state index contributed by atoms with van der Waals surface area (Å²) in [5.41, 5.74) is 6.78. The maximum absolute atomic E-state index is 12.0. The van der Waals surface area contributed by atoms with Crippen molar-refractivity contribution in [3.05, 3.63) is 34.5 Å². The first-order valence-corrected chi connectivity index (χ1v) is 6.69. The van der Waals surface area contributed by atoms with E-state index in [4.69, 9.17) is 21.8 Å². The van der Waals surface area contributed by atoms with Crippen LogP contribution in [0.3, 0.4) is 0 Å². The van der Waals surface area contributed by atoms with Gasteiger partial charge in [-0.3, -0.25) is 4.79 Å². The number of fused-ring (bicyclic) bond motifs is 1. The molecule has 0 aliphatic carbocycles. The van der Waals surface area contributed by atoms with Gasteiger partial charge in [-0.15, -0.1) is 12.4 Å². The molecular weight excluding hydrogens is 299 g/mol. The van der Waals surface area contributed by atoms with Crippen molar-refractivity contribution in [3.63, 3.8) is 0 Å². The third-order valence-electron chi connectivity index (χ3n) is 3.04. The average molecular weight is 317 g/mol. The summed E-state index contributed by atoms with van der Waals surface area (Å²) in [6.45, 7) is 3.09. The van der Waals surface area contributed by atoms with Crippen LogP contribution >= 0.6 is 24.0 Å². The molecule has 0 aliphatic rings. The number of hydrogen-bond acceptors (Lipinski definition) is 3.